The third kappa shape index (κ3) is 3.08. The molecule has 2 heteroatoms. The highest BCUT2D eigenvalue weighted by Crippen LogP contribution is 2.27. The number of nitriles is 1. The van der Waals surface area contributed by atoms with Gasteiger partial charge >= 0.3 is 0 Å². The first-order valence-corrected chi connectivity index (χ1v) is 6.08. The minimum atomic E-state index is 0.658. The third-order valence-corrected chi connectivity index (χ3v) is 3.01. The topological polar surface area (TPSA) is 47.6 Å². The van der Waals surface area contributed by atoms with Gasteiger partial charge in [0.15, 0.2) is 0 Å². The Morgan fingerprint density at radius 3 is 2.53 bits per heavy atom. The van der Waals surface area contributed by atoms with Crippen molar-refractivity contribution in [3.8, 4) is 6.07 Å². The molecule has 0 aliphatic rings. The van der Waals surface area contributed by atoms with Gasteiger partial charge in [-0.25, -0.2) is 0 Å². The number of nitrogens with zero attached hydrogens (tertiary/aromatic N) is 1. The van der Waals surface area contributed by atoms with Crippen LogP contribution < -0.4 is 0 Å². The van der Waals surface area contributed by atoms with Gasteiger partial charge in [-0.15, -0.1) is 0 Å². The molecule has 0 unspecified atom stereocenters. The van der Waals surface area contributed by atoms with Gasteiger partial charge in [-0.05, 0) is 49.1 Å². The van der Waals surface area contributed by atoms with E-state index in [1.54, 1.807) is 6.08 Å². The summed E-state index contributed by atoms with van der Waals surface area (Å²) in [6.45, 7) is 9.56. The zero-order chi connectivity index (χ0) is 14.4. The Bertz CT molecular complexity index is 607. The van der Waals surface area contributed by atoms with Gasteiger partial charge in [0, 0.05) is 6.21 Å². The van der Waals surface area contributed by atoms with E-state index < -0.39 is 0 Å². The average Bonchev–Trinajstić information content (AvgIpc) is 2.38. The van der Waals surface area contributed by atoms with Gasteiger partial charge < -0.3 is 5.41 Å². The molecule has 1 aromatic rings. The molecule has 0 amide bonds. The Labute approximate surface area is 114 Å². The van der Waals surface area contributed by atoms with E-state index in [4.69, 9.17) is 10.7 Å². The first-order chi connectivity index (χ1) is 9.06. The van der Waals surface area contributed by atoms with E-state index in [2.05, 4.69) is 12.6 Å². The molecule has 0 aliphatic carbocycles. The van der Waals surface area contributed by atoms with Crippen molar-refractivity contribution < 1.29 is 0 Å². The van der Waals surface area contributed by atoms with Crippen LogP contribution in [0.3, 0.4) is 0 Å². The fourth-order valence-electron chi connectivity index (χ4n) is 1.95. The highest BCUT2D eigenvalue weighted by molar-refractivity contribution is 6.11. The van der Waals surface area contributed by atoms with Crippen molar-refractivity contribution in [2.24, 2.45) is 0 Å². The molecular formula is C17H18N2. The van der Waals surface area contributed by atoms with Gasteiger partial charge in [0.1, 0.15) is 0 Å². The summed E-state index contributed by atoms with van der Waals surface area (Å²) in [6.07, 6.45) is 6.85. The molecule has 0 bridgehead atoms. The van der Waals surface area contributed by atoms with Crippen molar-refractivity contribution >= 4 is 17.9 Å². The first-order valence-electron chi connectivity index (χ1n) is 6.08. The van der Waals surface area contributed by atoms with Crippen LogP contribution in [0.2, 0.25) is 0 Å². The molecule has 0 aliphatic heterocycles. The van der Waals surface area contributed by atoms with Crippen molar-refractivity contribution in [3.05, 3.63) is 58.7 Å². The predicted molar refractivity (Wildman–Crippen MR) is 82.2 cm³/mol. The molecule has 2 nitrogen and oxygen atoms in total. The molecular weight excluding hydrogens is 232 g/mol. The SMILES string of the molecule is C=C/C=C\c1c(C(C=N)=C(C)C)ccc(C#N)c1C. The third-order valence-electron chi connectivity index (χ3n) is 3.01. The van der Waals surface area contributed by atoms with Gasteiger partial charge in [-0.2, -0.15) is 5.26 Å². The number of nitrogens with one attached hydrogen (secondary N) is 1. The van der Waals surface area contributed by atoms with Crippen molar-refractivity contribution in [3.63, 3.8) is 0 Å². The lowest BCUT2D eigenvalue weighted by molar-refractivity contribution is 1.34. The first kappa shape index (κ1) is 14.7. The maximum atomic E-state index is 9.11. The molecule has 0 atom stereocenters. The van der Waals surface area contributed by atoms with Crippen molar-refractivity contribution in [1.82, 2.24) is 0 Å². The van der Waals surface area contributed by atoms with E-state index in [1.165, 1.54) is 6.21 Å². The summed E-state index contributed by atoms with van der Waals surface area (Å²) in [6, 6.07) is 5.90. The van der Waals surface area contributed by atoms with Crippen LogP contribution in [0.15, 0.2) is 36.4 Å². The van der Waals surface area contributed by atoms with E-state index >= 15 is 0 Å². The summed E-state index contributed by atoms with van der Waals surface area (Å²) < 4.78 is 0. The molecule has 0 fully saturated rings. The molecule has 0 saturated heterocycles. The maximum Gasteiger partial charge on any atom is 0.0994 e. The van der Waals surface area contributed by atoms with Crippen LogP contribution in [0.4, 0.5) is 0 Å². The number of rotatable bonds is 4. The number of hydrogen-bond acceptors (Lipinski definition) is 2. The van der Waals surface area contributed by atoms with Crippen LogP contribution >= 0.6 is 0 Å². The van der Waals surface area contributed by atoms with Crippen molar-refractivity contribution in [2.75, 3.05) is 0 Å². The summed E-state index contributed by atoms with van der Waals surface area (Å²) in [7, 11) is 0. The summed E-state index contributed by atoms with van der Waals surface area (Å²) in [5.74, 6) is 0. The predicted octanol–water partition coefficient (Wildman–Crippen LogP) is 4.51. The number of benzene rings is 1. The quantitative estimate of drug-likeness (QED) is 0.620. The Hall–Kier alpha value is -2.40. The standard InChI is InChI=1S/C17H18N2/c1-5-6-7-15-13(4)14(10-18)8-9-16(15)17(11-19)12(2)3/h5-9,11,19H,1H2,2-4H3/b7-6-,19-11?. The second kappa shape index (κ2) is 6.51. The van der Waals surface area contributed by atoms with Crippen LogP contribution in [0.5, 0.6) is 0 Å². The fraction of sp³-hybridized carbons (Fsp3) is 0.176. The molecule has 96 valence electrons. The van der Waals surface area contributed by atoms with Crippen LogP contribution in [0, 0.1) is 23.7 Å². The van der Waals surface area contributed by atoms with Gasteiger partial charge in [0.2, 0.25) is 0 Å². The summed E-state index contributed by atoms with van der Waals surface area (Å²) in [4.78, 5) is 0. The Balaban J connectivity index is 3.66. The molecule has 1 N–H and O–H groups in total. The van der Waals surface area contributed by atoms with E-state index in [0.29, 0.717) is 5.56 Å². The van der Waals surface area contributed by atoms with Gasteiger partial charge in [0.25, 0.3) is 0 Å². The van der Waals surface area contributed by atoms with Crippen LogP contribution in [0.1, 0.15) is 36.1 Å². The molecule has 1 aromatic carbocycles. The molecule has 0 heterocycles. The minimum absolute atomic E-state index is 0.658. The highest BCUT2D eigenvalue weighted by atomic mass is 14.3. The molecule has 0 radical (unpaired) electrons. The Morgan fingerprint density at radius 2 is 2.05 bits per heavy atom. The number of hydrogen-bond donors (Lipinski definition) is 1. The summed E-state index contributed by atoms with van der Waals surface area (Å²) in [5.41, 5.74) is 5.50. The Kier molecular flexibility index (Phi) is 5.02. The number of allylic oxidation sites excluding steroid dienone is 4. The van der Waals surface area contributed by atoms with Gasteiger partial charge in [-0.3, -0.25) is 0 Å². The molecule has 0 aromatic heterocycles. The van der Waals surface area contributed by atoms with Crippen LogP contribution in [0.25, 0.3) is 11.6 Å². The smallest absolute Gasteiger partial charge is 0.0994 e. The molecule has 0 spiro atoms. The van der Waals surface area contributed by atoms with E-state index in [0.717, 1.165) is 27.8 Å². The lowest BCUT2D eigenvalue weighted by Gasteiger charge is -2.12. The lowest BCUT2D eigenvalue weighted by atomic mass is 9.91. The lowest BCUT2D eigenvalue weighted by Crippen LogP contribution is -1.97. The second-order valence-electron chi connectivity index (χ2n) is 4.46. The normalized spacial score (nSPS) is 10.0. The van der Waals surface area contributed by atoms with E-state index in [1.807, 2.05) is 45.1 Å². The van der Waals surface area contributed by atoms with Crippen molar-refractivity contribution in [1.29, 1.82) is 10.7 Å². The molecule has 19 heavy (non-hydrogen) atoms. The van der Waals surface area contributed by atoms with Gasteiger partial charge in [-0.1, -0.05) is 36.4 Å². The minimum Gasteiger partial charge on any atom is -0.308 e. The molecule has 0 saturated carbocycles. The summed E-state index contributed by atoms with van der Waals surface area (Å²) >= 11 is 0. The fourth-order valence-corrected chi connectivity index (χ4v) is 1.95. The molecule has 1 rings (SSSR count). The van der Waals surface area contributed by atoms with Crippen molar-refractivity contribution in [2.45, 2.75) is 20.8 Å². The van der Waals surface area contributed by atoms with E-state index in [9.17, 15) is 0 Å². The van der Waals surface area contributed by atoms with E-state index in [-0.39, 0.29) is 0 Å². The highest BCUT2D eigenvalue weighted by Gasteiger charge is 2.11. The van der Waals surface area contributed by atoms with Crippen LogP contribution in [-0.4, -0.2) is 6.21 Å². The largest absolute Gasteiger partial charge is 0.308 e. The van der Waals surface area contributed by atoms with Gasteiger partial charge in [0.05, 0.1) is 11.6 Å². The zero-order valence-corrected chi connectivity index (χ0v) is 11.6. The Morgan fingerprint density at radius 1 is 1.37 bits per heavy atom. The monoisotopic (exact) mass is 250 g/mol. The average molecular weight is 250 g/mol. The second-order valence-corrected chi connectivity index (χ2v) is 4.46. The zero-order valence-electron chi connectivity index (χ0n) is 11.6. The maximum absolute atomic E-state index is 9.11. The van der Waals surface area contributed by atoms with Crippen LogP contribution in [-0.2, 0) is 0 Å². The summed E-state index contributed by atoms with van der Waals surface area (Å²) in [5, 5.41) is 16.7.